The molecule has 3 rings (SSSR count). The van der Waals surface area contributed by atoms with E-state index >= 15 is 0 Å². The molecular weight excluding hydrogens is 239 g/mol. The summed E-state index contributed by atoms with van der Waals surface area (Å²) >= 11 is 0. The number of para-hydroxylation sites is 1. The fourth-order valence-corrected chi connectivity index (χ4v) is 2.43. The predicted molar refractivity (Wildman–Crippen MR) is 72.7 cm³/mol. The zero-order valence-electron chi connectivity index (χ0n) is 10.4. The molecule has 0 amide bonds. The standard InChI is InChI=1S/C16H11FN2/c1-11-15(10-18)14-4-2-3-5-16(14)19(11)13-8-6-12(17)7-9-13/h2-9H,1H3. The number of rotatable bonds is 1. The topological polar surface area (TPSA) is 28.7 Å². The van der Waals surface area contributed by atoms with E-state index < -0.39 is 0 Å². The van der Waals surface area contributed by atoms with Crippen molar-refractivity contribution < 1.29 is 4.39 Å². The number of aromatic nitrogens is 1. The van der Waals surface area contributed by atoms with Crippen LogP contribution in [0.4, 0.5) is 4.39 Å². The van der Waals surface area contributed by atoms with Gasteiger partial charge < -0.3 is 4.57 Å². The molecule has 2 aromatic carbocycles. The Balaban J connectivity index is 2.38. The highest BCUT2D eigenvalue weighted by Crippen LogP contribution is 2.28. The molecule has 0 aliphatic carbocycles. The van der Waals surface area contributed by atoms with Crippen LogP contribution in [0.25, 0.3) is 16.6 Å². The predicted octanol–water partition coefficient (Wildman–Crippen LogP) is 3.95. The molecule has 19 heavy (non-hydrogen) atoms. The van der Waals surface area contributed by atoms with Crippen molar-refractivity contribution in [2.45, 2.75) is 6.92 Å². The minimum absolute atomic E-state index is 0.265. The molecule has 1 aromatic heterocycles. The normalized spacial score (nSPS) is 10.6. The highest BCUT2D eigenvalue weighted by atomic mass is 19.1. The zero-order chi connectivity index (χ0) is 13.4. The van der Waals surface area contributed by atoms with Gasteiger partial charge in [0.15, 0.2) is 0 Å². The summed E-state index contributed by atoms with van der Waals surface area (Å²) in [6.07, 6.45) is 0. The van der Waals surface area contributed by atoms with Crippen molar-refractivity contribution in [3.63, 3.8) is 0 Å². The van der Waals surface area contributed by atoms with Crippen LogP contribution in [0.3, 0.4) is 0 Å². The average molecular weight is 250 g/mol. The molecule has 3 aromatic rings. The Morgan fingerprint density at radius 3 is 2.42 bits per heavy atom. The van der Waals surface area contributed by atoms with Gasteiger partial charge >= 0.3 is 0 Å². The fraction of sp³-hybridized carbons (Fsp3) is 0.0625. The van der Waals surface area contributed by atoms with Crippen LogP contribution in [-0.4, -0.2) is 4.57 Å². The van der Waals surface area contributed by atoms with Gasteiger partial charge in [-0.05, 0) is 37.3 Å². The smallest absolute Gasteiger partial charge is 0.123 e. The number of halogens is 1. The molecule has 0 radical (unpaired) electrons. The van der Waals surface area contributed by atoms with E-state index in [9.17, 15) is 9.65 Å². The summed E-state index contributed by atoms with van der Waals surface area (Å²) in [7, 11) is 0. The van der Waals surface area contributed by atoms with Crippen LogP contribution in [0.2, 0.25) is 0 Å². The van der Waals surface area contributed by atoms with Crippen LogP contribution >= 0.6 is 0 Å². The van der Waals surface area contributed by atoms with Gasteiger partial charge in [-0.25, -0.2) is 4.39 Å². The molecular formula is C16H11FN2. The van der Waals surface area contributed by atoms with Gasteiger partial charge in [0, 0.05) is 16.8 Å². The van der Waals surface area contributed by atoms with Gasteiger partial charge in [-0.2, -0.15) is 5.26 Å². The quantitative estimate of drug-likeness (QED) is 0.642. The first-order valence-corrected chi connectivity index (χ1v) is 5.98. The number of fused-ring (bicyclic) bond motifs is 1. The molecule has 0 spiro atoms. The Labute approximate surface area is 110 Å². The lowest BCUT2D eigenvalue weighted by Crippen LogP contribution is -1.96. The van der Waals surface area contributed by atoms with E-state index in [0.29, 0.717) is 5.56 Å². The van der Waals surface area contributed by atoms with Crippen molar-refractivity contribution >= 4 is 10.9 Å². The average Bonchev–Trinajstić information content (AvgIpc) is 2.71. The van der Waals surface area contributed by atoms with Crippen molar-refractivity contribution in [3.8, 4) is 11.8 Å². The summed E-state index contributed by atoms with van der Waals surface area (Å²) in [5.41, 5.74) is 3.36. The van der Waals surface area contributed by atoms with E-state index in [2.05, 4.69) is 6.07 Å². The second-order valence-electron chi connectivity index (χ2n) is 4.40. The first kappa shape index (κ1) is 11.5. The maximum atomic E-state index is 13.0. The Morgan fingerprint density at radius 1 is 1.05 bits per heavy atom. The highest BCUT2D eigenvalue weighted by Gasteiger charge is 2.14. The molecule has 2 nitrogen and oxygen atoms in total. The number of nitriles is 1. The van der Waals surface area contributed by atoms with E-state index in [0.717, 1.165) is 22.3 Å². The van der Waals surface area contributed by atoms with E-state index in [1.807, 2.05) is 35.8 Å². The number of benzene rings is 2. The van der Waals surface area contributed by atoms with Gasteiger partial charge in [-0.3, -0.25) is 0 Å². The number of hydrogen-bond acceptors (Lipinski definition) is 1. The van der Waals surface area contributed by atoms with Crippen LogP contribution in [0.1, 0.15) is 11.3 Å². The molecule has 0 N–H and O–H groups in total. The molecule has 0 aliphatic heterocycles. The van der Waals surface area contributed by atoms with E-state index in [-0.39, 0.29) is 5.82 Å². The summed E-state index contributed by atoms with van der Waals surface area (Å²) in [4.78, 5) is 0. The second-order valence-corrected chi connectivity index (χ2v) is 4.40. The monoisotopic (exact) mass is 250 g/mol. The molecule has 3 heteroatoms. The summed E-state index contributed by atoms with van der Waals surface area (Å²) in [6, 6.07) is 16.3. The first-order chi connectivity index (χ1) is 9.22. The lowest BCUT2D eigenvalue weighted by atomic mass is 10.1. The van der Waals surface area contributed by atoms with Gasteiger partial charge in [0.1, 0.15) is 11.9 Å². The zero-order valence-corrected chi connectivity index (χ0v) is 10.4. The lowest BCUT2D eigenvalue weighted by Gasteiger charge is -2.08. The summed E-state index contributed by atoms with van der Waals surface area (Å²) < 4.78 is 15.0. The molecule has 0 atom stereocenters. The second kappa shape index (κ2) is 4.25. The van der Waals surface area contributed by atoms with Crippen LogP contribution in [0.15, 0.2) is 48.5 Å². The summed E-state index contributed by atoms with van der Waals surface area (Å²) in [5, 5.41) is 10.2. The molecule has 0 unspecified atom stereocenters. The summed E-state index contributed by atoms with van der Waals surface area (Å²) in [5.74, 6) is -0.265. The van der Waals surface area contributed by atoms with Gasteiger partial charge in [-0.15, -0.1) is 0 Å². The number of hydrogen-bond donors (Lipinski definition) is 0. The summed E-state index contributed by atoms with van der Waals surface area (Å²) in [6.45, 7) is 1.90. The lowest BCUT2D eigenvalue weighted by molar-refractivity contribution is 0.627. The molecule has 0 bridgehead atoms. The largest absolute Gasteiger partial charge is 0.313 e. The number of nitrogens with zero attached hydrogens (tertiary/aromatic N) is 2. The van der Waals surface area contributed by atoms with Crippen molar-refractivity contribution in [1.29, 1.82) is 5.26 Å². The van der Waals surface area contributed by atoms with E-state index in [4.69, 9.17) is 0 Å². The minimum atomic E-state index is -0.265. The Morgan fingerprint density at radius 2 is 1.74 bits per heavy atom. The molecule has 0 saturated carbocycles. The SMILES string of the molecule is Cc1c(C#N)c2ccccc2n1-c1ccc(F)cc1. The highest BCUT2D eigenvalue weighted by molar-refractivity contribution is 5.89. The third-order valence-corrected chi connectivity index (χ3v) is 3.31. The van der Waals surface area contributed by atoms with Crippen LogP contribution < -0.4 is 0 Å². The van der Waals surface area contributed by atoms with Crippen molar-refractivity contribution in [2.75, 3.05) is 0 Å². The molecule has 0 saturated heterocycles. The van der Waals surface area contributed by atoms with Gasteiger partial charge in [-0.1, -0.05) is 18.2 Å². The van der Waals surface area contributed by atoms with E-state index in [1.165, 1.54) is 12.1 Å². The Hall–Kier alpha value is -2.60. The van der Waals surface area contributed by atoms with Crippen LogP contribution in [-0.2, 0) is 0 Å². The fourth-order valence-electron chi connectivity index (χ4n) is 2.43. The maximum absolute atomic E-state index is 13.0. The molecule has 1 heterocycles. The first-order valence-electron chi connectivity index (χ1n) is 5.98. The Kier molecular flexibility index (Phi) is 2.57. The minimum Gasteiger partial charge on any atom is -0.313 e. The van der Waals surface area contributed by atoms with Crippen molar-refractivity contribution in [2.24, 2.45) is 0 Å². The molecule has 92 valence electrons. The van der Waals surface area contributed by atoms with Gasteiger partial charge in [0.25, 0.3) is 0 Å². The van der Waals surface area contributed by atoms with Crippen LogP contribution in [0.5, 0.6) is 0 Å². The van der Waals surface area contributed by atoms with Crippen molar-refractivity contribution in [3.05, 3.63) is 65.6 Å². The van der Waals surface area contributed by atoms with Crippen LogP contribution in [0, 0.1) is 24.1 Å². The van der Waals surface area contributed by atoms with Crippen molar-refractivity contribution in [1.82, 2.24) is 4.57 Å². The molecule has 0 fully saturated rings. The van der Waals surface area contributed by atoms with Gasteiger partial charge in [0.05, 0.1) is 11.1 Å². The molecule has 0 aliphatic rings. The third-order valence-electron chi connectivity index (χ3n) is 3.31. The third kappa shape index (κ3) is 1.69. The Bertz CT molecular complexity index is 792. The maximum Gasteiger partial charge on any atom is 0.123 e. The van der Waals surface area contributed by atoms with Gasteiger partial charge in [0.2, 0.25) is 0 Å². The van der Waals surface area contributed by atoms with E-state index in [1.54, 1.807) is 12.1 Å².